The fourth-order valence-corrected chi connectivity index (χ4v) is 3.26. The van der Waals surface area contributed by atoms with Crippen LogP contribution in [-0.4, -0.2) is 19.0 Å². The van der Waals surface area contributed by atoms with E-state index in [-0.39, 0.29) is 5.91 Å². The number of carbonyl (C=O) groups is 2. The number of fused-ring (bicyclic) bond motifs is 2. The molecule has 3 aromatic carbocycles. The highest BCUT2D eigenvalue weighted by atomic mass is 35.5. The molecule has 0 saturated heterocycles. The predicted octanol–water partition coefficient (Wildman–Crippen LogP) is 6.02. The first kappa shape index (κ1) is 19.1. The molecule has 146 valence electrons. The van der Waals surface area contributed by atoms with E-state index in [0.29, 0.717) is 44.2 Å². The highest BCUT2D eigenvalue weighted by molar-refractivity contribution is 6.42. The molecular weight excluding hydrogens is 413 g/mol. The van der Waals surface area contributed by atoms with Gasteiger partial charge in [0.1, 0.15) is 5.75 Å². The van der Waals surface area contributed by atoms with Gasteiger partial charge in [-0.15, -0.1) is 0 Å². The van der Waals surface area contributed by atoms with Crippen molar-refractivity contribution in [2.75, 3.05) is 22.6 Å². The Morgan fingerprint density at radius 2 is 1.59 bits per heavy atom. The van der Waals surface area contributed by atoms with E-state index in [1.807, 2.05) is 18.2 Å². The lowest BCUT2D eigenvalue weighted by Gasteiger charge is -2.16. The lowest BCUT2D eigenvalue weighted by Crippen LogP contribution is -2.25. The summed E-state index contributed by atoms with van der Waals surface area (Å²) in [6.45, 7) is 0. The van der Waals surface area contributed by atoms with E-state index in [2.05, 4.69) is 10.6 Å². The van der Waals surface area contributed by atoms with E-state index >= 15 is 0 Å². The highest BCUT2D eigenvalue weighted by Crippen LogP contribution is 2.38. The van der Waals surface area contributed by atoms with Crippen LogP contribution in [0, 0.1) is 0 Å². The SMILES string of the molecule is CN1C(=O)c2cc(NC(=O)Nc3ccc(Cl)c(Cl)c3)ccc2Oc2ccccc21. The lowest BCUT2D eigenvalue weighted by atomic mass is 10.1. The molecule has 0 bridgehead atoms. The predicted molar refractivity (Wildman–Crippen MR) is 115 cm³/mol. The van der Waals surface area contributed by atoms with Crippen molar-refractivity contribution in [3.8, 4) is 11.5 Å². The van der Waals surface area contributed by atoms with Crippen LogP contribution in [0.25, 0.3) is 0 Å². The van der Waals surface area contributed by atoms with Crippen molar-refractivity contribution >= 4 is 52.2 Å². The zero-order valence-corrected chi connectivity index (χ0v) is 16.7. The molecule has 0 unspecified atom stereocenters. The van der Waals surface area contributed by atoms with Gasteiger partial charge < -0.3 is 20.3 Å². The second kappa shape index (κ2) is 7.66. The van der Waals surface area contributed by atoms with Gasteiger partial charge in [-0.1, -0.05) is 35.3 Å². The maximum atomic E-state index is 12.9. The summed E-state index contributed by atoms with van der Waals surface area (Å²) in [5, 5.41) is 6.09. The molecule has 0 aliphatic carbocycles. The fourth-order valence-electron chi connectivity index (χ4n) is 2.96. The van der Waals surface area contributed by atoms with E-state index in [1.54, 1.807) is 49.5 Å². The van der Waals surface area contributed by atoms with E-state index in [4.69, 9.17) is 27.9 Å². The van der Waals surface area contributed by atoms with Crippen LogP contribution in [0.15, 0.2) is 60.7 Å². The minimum Gasteiger partial charge on any atom is -0.454 e. The van der Waals surface area contributed by atoms with Crippen molar-refractivity contribution in [1.29, 1.82) is 0 Å². The number of ether oxygens (including phenoxy) is 1. The van der Waals surface area contributed by atoms with Crippen LogP contribution in [0.4, 0.5) is 21.9 Å². The summed E-state index contributed by atoms with van der Waals surface area (Å²) < 4.78 is 5.91. The number of nitrogens with one attached hydrogen (secondary N) is 2. The van der Waals surface area contributed by atoms with Crippen molar-refractivity contribution in [3.63, 3.8) is 0 Å². The average Bonchev–Trinajstić information content (AvgIpc) is 2.80. The van der Waals surface area contributed by atoms with E-state index < -0.39 is 6.03 Å². The molecular formula is C21H15Cl2N3O3. The molecule has 0 atom stereocenters. The topological polar surface area (TPSA) is 70.7 Å². The Bertz CT molecular complexity index is 1130. The van der Waals surface area contributed by atoms with Gasteiger partial charge >= 0.3 is 6.03 Å². The van der Waals surface area contributed by atoms with Gasteiger partial charge in [0.05, 0.1) is 21.3 Å². The number of anilines is 3. The van der Waals surface area contributed by atoms with Crippen molar-refractivity contribution in [1.82, 2.24) is 0 Å². The molecule has 0 saturated carbocycles. The van der Waals surface area contributed by atoms with Crippen LogP contribution in [0.1, 0.15) is 10.4 Å². The van der Waals surface area contributed by atoms with E-state index in [9.17, 15) is 9.59 Å². The van der Waals surface area contributed by atoms with Gasteiger partial charge in [-0.3, -0.25) is 4.79 Å². The van der Waals surface area contributed by atoms with Crippen molar-refractivity contribution in [2.24, 2.45) is 0 Å². The third kappa shape index (κ3) is 3.85. The van der Waals surface area contributed by atoms with Crippen molar-refractivity contribution < 1.29 is 14.3 Å². The van der Waals surface area contributed by atoms with Gasteiger partial charge in [-0.2, -0.15) is 0 Å². The number of urea groups is 1. The molecule has 0 fully saturated rings. The molecule has 3 aromatic rings. The maximum absolute atomic E-state index is 12.9. The Balaban J connectivity index is 1.56. The zero-order chi connectivity index (χ0) is 20.5. The standard InChI is InChI=1S/C21H15Cl2N3O3/c1-26-17-4-2-3-5-19(17)29-18-9-7-12(10-14(18)20(26)27)24-21(28)25-13-6-8-15(22)16(23)11-13/h2-11H,1H3,(H2,24,25,28). The number of para-hydroxylation sites is 2. The third-order valence-corrected chi connectivity index (χ3v) is 5.14. The molecule has 29 heavy (non-hydrogen) atoms. The zero-order valence-electron chi connectivity index (χ0n) is 15.2. The number of nitrogens with zero attached hydrogens (tertiary/aromatic N) is 1. The minimum absolute atomic E-state index is 0.238. The summed E-state index contributed by atoms with van der Waals surface area (Å²) in [6.07, 6.45) is 0. The molecule has 8 heteroatoms. The summed E-state index contributed by atoms with van der Waals surface area (Å²) in [5.74, 6) is 0.765. The number of carbonyl (C=O) groups excluding carboxylic acids is 2. The van der Waals surface area contributed by atoms with Crippen LogP contribution >= 0.6 is 23.2 Å². The molecule has 0 spiro atoms. The first-order chi connectivity index (χ1) is 13.9. The van der Waals surface area contributed by atoms with Crippen LogP contribution in [0.2, 0.25) is 10.0 Å². The largest absolute Gasteiger partial charge is 0.454 e. The first-order valence-electron chi connectivity index (χ1n) is 8.64. The lowest BCUT2D eigenvalue weighted by molar-refractivity contribution is 0.0993. The smallest absolute Gasteiger partial charge is 0.323 e. The molecule has 1 aliphatic rings. The Hall–Kier alpha value is -3.22. The monoisotopic (exact) mass is 427 g/mol. The van der Waals surface area contributed by atoms with Crippen LogP contribution in [-0.2, 0) is 0 Å². The van der Waals surface area contributed by atoms with E-state index in [1.165, 1.54) is 4.90 Å². The molecule has 4 rings (SSSR count). The number of hydrogen-bond acceptors (Lipinski definition) is 3. The number of amides is 3. The van der Waals surface area contributed by atoms with Gasteiger partial charge in [0, 0.05) is 18.4 Å². The Labute approximate surface area is 177 Å². The quantitative estimate of drug-likeness (QED) is 0.525. The Kier molecular flexibility index (Phi) is 5.05. The summed E-state index contributed by atoms with van der Waals surface area (Å²) >= 11 is 11.8. The molecule has 6 nitrogen and oxygen atoms in total. The Morgan fingerprint density at radius 1 is 0.897 bits per heavy atom. The summed E-state index contributed by atoms with van der Waals surface area (Å²) in [4.78, 5) is 26.7. The van der Waals surface area contributed by atoms with Crippen molar-refractivity contribution in [3.05, 3.63) is 76.3 Å². The molecule has 0 aromatic heterocycles. The molecule has 0 radical (unpaired) electrons. The number of hydrogen-bond donors (Lipinski definition) is 2. The number of benzene rings is 3. The number of halogens is 2. The van der Waals surface area contributed by atoms with Gasteiger partial charge in [0.2, 0.25) is 0 Å². The van der Waals surface area contributed by atoms with Gasteiger partial charge in [-0.25, -0.2) is 4.79 Å². The Morgan fingerprint density at radius 3 is 2.34 bits per heavy atom. The van der Waals surface area contributed by atoms with Crippen LogP contribution in [0.3, 0.4) is 0 Å². The number of rotatable bonds is 2. The minimum atomic E-state index is -0.484. The third-order valence-electron chi connectivity index (χ3n) is 4.40. The maximum Gasteiger partial charge on any atom is 0.323 e. The molecule has 1 heterocycles. The van der Waals surface area contributed by atoms with Crippen LogP contribution in [0.5, 0.6) is 11.5 Å². The second-order valence-corrected chi connectivity index (χ2v) is 7.17. The molecule has 2 N–H and O–H groups in total. The summed E-state index contributed by atoms with van der Waals surface area (Å²) in [6, 6.07) is 16.5. The van der Waals surface area contributed by atoms with Gasteiger partial charge in [-0.05, 0) is 48.5 Å². The van der Waals surface area contributed by atoms with Gasteiger partial charge in [0.25, 0.3) is 5.91 Å². The van der Waals surface area contributed by atoms with Crippen molar-refractivity contribution in [2.45, 2.75) is 0 Å². The molecule has 3 amide bonds. The first-order valence-corrected chi connectivity index (χ1v) is 9.40. The summed E-state index contributed by atoms with van der Waals surface area (Å²) in [5.41, 5.74) is 1.94. The van der Waals surface area contributed by atoms with E-state index in [0.717, 1.165) is 0 Å². The average molecular weight is 428 g/mol. The fraction of sp³-hybridized carbons (Fsp3) is 0.0476. The normalized spacial score (nSPS) is 12.4. The second-order valence-electron chi connectivity index (χ2n) is 6.35. The summed E-state index contributed by atoms with van der Waals surface area (Å²) in [7, 11) is 1.68. The molecule has 1 aliphatic heterocycles. The van der Waals surface area contributed by atoms with Crippen LogP contribution < -0.4 is 20.3 Å². The van der Waals surface area contributed by atoms with Gasteiger partial charge in [0.15, 0.2) is 5.75 Å². The highest BCUT2D eigenvalue weighted by Gasteiger charge is 2.25.